The van der Waals surface area contributed by atoms with Crippen LogP contribution in [0.1, 0.15) is 51.4 Å². The Balaban J connectivity index is 1.59. The maximum absolute atomic E-state index is 11.8. The summed E-state index contributed by atoms with van der Waals surface area (Å²) in [5.41, 5.74) is 0. The zero-order valence-electron chi connectivity index (χ0n) is 11.5. The third-order valence-corrected chi connectivity index (χ3v) is 5.86. The number of amides is 1. The van der Waals surface area contributed by atoms with Crippen LogP contribution in [0.3, 0.4) is 0 Å². The fraction of sp³-hybridized carbons (Fsp3) is 0.929. The molecule has 0 radical (unpaired) electrons. The van der Waals surface area contributed by atoms with E-state index in [9.17, 15) is 4.79 Å². The molecule has 1 saturated heterocycles. The Hall–Kier alpha value is -0.220. The summed E-state index contributed by atoms with van der Waals surface area (Å²) < 4.78 is 0.360. The van der Waals surface area contributed by atoms with E-state index in [0.29, 0.717) is 17.2 Å². The van der Waals surface area contributed by atoms with Crippen LogP contribution < -0.4 is 10.6 Å². The van der Waals surface area contributed by atoms with Gasteiger partial charge < -0.3 is 10.6 Å². The smallest absolute Gasteiger partial charge is 0.220 e. The first-order valence-electron chi connectivity index (χ1n) is 7.29. The lowest BCUT2D eigenvalue weighted by molar-refractivity contribution is -0.121. The molecule has 1 heterocycles. The van der Waals surface area contributed by atoms with E-state index in [1.807, 2.05) is 11.8 Å². The lowest BCUT2D eigenvalue weighted by Gasteiger charge is -2.40. The monoisotopic (exact) mass is 270 g/mol. The fourth-order valence-corrected chi connectivity index (χ4v) is 3.76. The van der Waals surface area contributed by atoms with Crippen molar-refractivity contribution in [2.45, 2.75) is 62.2 Å². The van der Waals surface area contributed by atoms with Gasteiger partial charge >= 0.3 is 0 Å². The van der Waals surface area contributed by atoms with Crippen molar-refractivity contribution in [3.8, 4) is 0 Å². The average Bonchev–Trinajstić information content (AvgIpc) is 2.37. The van der Waals surface area contributed by atoms with Crippen LogP contribution in [0.25, 0.3) is 0 Å². The van der Waals surface area contributed by atoms with Gasteiger partial charge in [-0.3, -0.25) is 4.79 Å². The van der Waals surface area contributed by atoms with Crippen molar-refractivity contribution in [3.63, 3.8) is 0 Å². The number of rotatable bonds is 6. The first-order chi connectivity index (χ1) is 8.74. The van der Waals surface area contributed by atoms with Crippen LogP contribution in [0.15, 0.2) is 0 Å². The molecule has 3 nitrogen and oxygen atoms in total. The lowest BCUT2D eigenvalue weighted by Crippen LogP contribution is -2.45. The molecule has 1 aliphatic heterocycles. The van der Waals surface area contributed by atoms with Crippen molar-refractivity contribution in [1.29, 1.82) is 0 Å². The highest BCUT2D eigenvalue weighted by Crippen LogP contribution is 2.42. The Morgan fingerprint density at radius 3 is 2.78 bits per heavy atom. The lowest BCUT2D eigenvalue weighted by atomic mass is 9.84. The van der Waals surface area contributed by atoms with E-state index in [1.165, 1.54) is 38.5 Å². The summed E-state index contributed by atoms with van der Waals surface area (Å²) in [6.07, 6.45) is 11.5. The number of hydrogen-bond acceptors (Lipinski definition) is 3. The molecule has 18 heavy (non-hydrogen) atoms. The third kappa shape index (κ3) is 3.89. The molecule has 1 saturated carbocycles. The number of nitrogens with one attached hydrogen (secondary N) is 2. The molecule has 4 heteroatoms. The number of hydrogen-bond donors (Lipinski definition) is 2. The molecule has 2 aliphatic rings. The molecule has 2 rings (SSSR count). The number of carbonyl (C=O) groups is 1. The van der Waals surface area contributed by atoms with Crippen molar-refractivity contribution in [1.82, 2.24) is 10.6 Å². The number of carbonyl (C=O) groups excluding carboxylic acids is 1. The normalized spacial score (nSPS) is 26.4. The predicted octanol–water partition coefficient (Wildman–Crippen LogP) is 2.31. The molecule has 0 bridgehead atoms. The average molecular weight is 270 g/mol. The van der Waals surface area contributed by atoms with E-state index < -0.39 is 0 Å². The molecule has 104 valence electrons. The van der Waals surface area contributed by atoms with Crippen molar-refractivity contribution in [2.75, 3.05) is 19.3 Å². The van der Waals surface area contributed by atoms with E-state index in [4.69, 9.17) is 0 Å². The summed E-state index contributed by atoms with van der Waals surface area (Å²) in [5.74, 6) is 0.239. The summed E-state index contributed by atoms with van der Waals surface area (Å²) >= 11 is 1.92. The minimum atomic E-state index is 0.239. The molecule has 1 unspecified atom stereocenters. The van der Waals surface area contributed by atoms with Gasteiger partial charge in [-0.15, -0.1) is 0 Å². The Morgan fingerprint density at radius 1 is 1.39 bits per heavy atom. The van der Waals surface area contributed by atoms with Gasteiger partial charge in [0.25, 0.3) is 0 Å². The molecule has 1 aliphatic carbocycles. The maximum Gasteiger partial charge on any atom is 0.220 e. The molecule has 0 aromatic heterocycles. The van der Waals surface area contributed by atoms with Gasteiger partial charge in [-0.25, -0.2) is 0 Å². The first kappa shape index (κ1) is 14.2. The first-order valence-corrected chi connectivity index (χ1v) is 8.52. The highest BCUT2D eigenvalue weighted by Gasteiger charge is 2.36. The molecule has 1 amide bonds. The van der Waals surface area contributed by atoms with Crippen LogP contribution in [-0.2, 0) is 4.79 Å². The Labute approximate surface area is 115 Å². The van der Waals surface area contributed by atoms with Gasteiger partial charge in [-0.1, -0.05) is 12.8 Å². The zero-order chi connectivity index (χ0) is 12.8. The Bertz CT molecular complexity index is 267. The van der Waals surface area contributed by atoms with E-state index >= 15 is 0 Å². The molecule has 2 N–H and O–H groups in total. The summed E-state index contributed by atoms with van der Waals surface area (Å²) in [6, 6.07) is 0.572. The molecule has 0 aromatic rings. The van der Waals surface area contributed by atoms with Crippen LogP contribution in [0, 0.1) is 0 Å². The minimum absolute atomic E-state index is 0.239. The van der Waals surface area contributed by atoms with Gasteiger partial charge in [0, 0.05) is 23.8 Å². The SMILES string of the molecule is CSC1(CNC(=O)CCC2CCCCN2)CCC1. The maximum atomic E-state index is 11.8. The Kier molecular flexibility index (Phi) is 5.37. The van der Waals surface area contributed by atoms with Crippen LogP contribution in [-0.4, -0.2) is 36.0 Å². The molecule has 2 fully saturated rings. The highest BCUT2D eigenvalue weighted by atomic mass is 32.2. The second kappa shape index (κ2) is 6.80. The van der Waals surface area contributed by atoms with Crippen molar-refractivity contribution in [2.24, 2.45) is 0 Å². The van der Waals surface area contributed by atoms with E-state index in [-0.39, 0.29) is 5.91 Å². The van der Waals surface area contributed by atoms with Gasteiger partial charge in [0.15, 0.2) is 0 Å². The minimum Gasteiger partial charge on any atom is -0.355 e. The van der Waals surface area contributed by atoms with E-state index in [1.54, 1.807) is 0 Å². The summed E-state index contributed by atoms with van der Waals surface area (Å²) in [6.45, 7) is 1.99. The van der Waals surface area contributed by atoms with Gasteiger partial charge in [-0.2, -0.15) is 11.8 Å². The summed E-state index contributed by atoms with van der Waals surface area (Å²) in [7, 11) is 0. The molecule has 0 spiro atoms. The molecule has 0 aromatic carbocycles. The van der Waals surface area contributed by atoms with Crippen LogP contribution in [0.2, 0.25) is 0 Å². The van der Waals surface area contributed by atoms with Crippen molar-refractivity contribution < 1.29 is 4.79 Å². The Morgan fingerprint density at radius 2 is 2.22 bits per heavy atom. The second-order valence-electron chi connectivity index (χ2n) is 5.70. The second-order valence-corrected chi connectivity index (χ2v) is 6.98. The fourth-order valence-electron chi connectivity index (χ4n) is 2.85. The highest BCUT2D eigenvalue weighted by molar-refractivity contribution is 8.00. The summed E-state index contributed by atoms with van der Waals surface area (Å²) in [4.78, 5) is 11.8. The predicted molar refractivity (Wildman–Crippen MR) is 78.0 cm³/mol. The standard InChI is InChI=1S/C14H26N2OS/c1-18-14(8-4-9-14)11-16-13(17)7-6-12-5-2-3-10-15-12/h12,15H,2-11H2,1H3,(H,16,17). The topological polar surface area (TPSA) is 41.1 Å². The van der Waals surface area contributed by atoms with Gasteiger partial charge in [-0.05, 0) is 44.9 Å². The van der Waals surface area contributed by atoms with Gasteiger partial charge in [0.1, 0.15) is 0 Å². The van der Waals surface area contributed by atoms with Crippen LogP contribution in [0.4, 0.5) is 0 Å². The quantitative estimate of drug-likeness (QED) is 0.778. The van der Waals surface area contributed by atoms with E-state index in [0.717, 1.165) is 19.5 Å². The molecular formula is C14H26N2OS. The van der Waals surface area contributed by atoms with E-state index in [2.05, 4.69) is 16.9 Å². The van der Waals surface area contributed by atoms with Crippen LogP contribution in [0.5, 0.6) is 0 Å². The van der Waals surface area contributed by atoms with Crippen molar-refractivity contribution >= 4 is 17.7 Å². The van der Waals surface area contributed by atoms with Gasteiger partial charge in [0.2, 0.25) is 5.91 Å². The van der Waals surface area contributed by atoms with Crippen molar-refractivity contribution in [3.05, 3.63) is 0 Å². The van der Waals surface area contributed by atoms with Crippen LogP contribution >= 0.6 is 11.8 Å². The molecular weight excluding hydrogens is 244 g/mol. The summed E-state index contributed by atoms with van der Waals surface area (Å²) in [5, 5.41) is 6.62. The largest absolute Gasteiger partial charge is 0.355 e. The third-order valence-electron chi connectivity index (χ3n) is 4.44. The number of piperidine rings is 1. The van der Waals surface area contributed by atoms with Gasteiger partial charge in [0.05, 0.1) is 0 Å². The zero-order valence-corrected chi connectivity index (χ0v) is 12.3. The molecule has 1 atom stereocenters. The number of thioether (sulfide) groups is 1.